The summed E-state index contributed by atoms with van der Waals surface area (Å²) in [7, 11) is 0. The zero-order valence-electron chi connectivity index (χ0n) is 31.7. The Morgan fingerprint density at radius 3 is 1.81 bits per heavy atom. The number of para-hydroxylation sites is 1. The van der Waals surface area contributed by atoms with E-state index in [0.29, 0.717) is 0 Å². The van der Waals surface area contributed by atoms with E-state index in [1.807, 2.05) is 36.7 Å². The van der Waals surface area contributed by atoms with Crippen LogP contribution in [-0.4, -0.2) is 19.9 Å². The molecule has 0 spiro atoms. The summed E-state index contributed by atoms with van der Waals surface area (Å²) in [6.45, 7) is 0. The third-order valence-electron chi connectivity index (χ3n) is 11.2. The van der Waals surface area contributed by atoms with Gasteiger partial charge in [0, 0.05) is 59.8 Å². The van der Waals surface area contributed by atoms with Crippen LogP contribution in [-0.2, 0) is 0 Å². The largest absolute Gasteiger partial charge is 0.256 e. The highest BCUT2D eigenvalue weighted by Crippen LogP contribution is 2.39. The zero-order valence-corrected chi connectivity index (χ0v) is 33.9. The maximum absolute atomic E-state index is 5.28. The van der Waals surface area contributed by atoms with Gasteiger partial charge in [0.25, 0.3) is 0 Å². The highest BCUT2D eigenvalue weighted by atomic mass is 127. The van der Waals surface area contributed by atoms with Crippen molar-refractivity contribution in [2.75, 3.05) is 0 Å². The van der Waals surface area contributed by atoms with Crippen LogP contribution in [0.3, 0.4) is 0 Å². The maximum atomic E-state index is 5.28. The van der Waals surface area contributed by atoms with Crippen molar-refractivity contribution >= 4 is 66.1 Å². The second-order valence-corrected chi connectivity index (χ2v) is 16.0. The Bertz CT molecular complexity index is 3400. The van der Waals surface area contributed by atoms with Gasteiger partial charge < -0.3 is 0 Å². The molecule has 0 unspecified atom stereocenters. The molecule has 59 heavy (non-hydrogen) atoms. The van der Waals surface area contributed by atoms with Crippen LogP contribution in [0.5, 0.6) is 0 Å². The molecule has 0 aliphatic carbocycles. The molecule has 11 rings (SSSR count). The molecule has 0 fully saturated rings. The molecular formula is C54H33IN4. The van der Waals surface area contributed by atoms with E-state index < -0.39 is 0 Å². The Labute approximate surface area is 355 Å². The summed E-state index contributed by atoms with van der Waals surface area (Å²) in [5.74, 6) is 0. The lowest BCUT2D eigenvalue weighted by atomic mass is 9.91. The molecule has 0 aliphatic rings. The fourth-order valence-corrected chi connectivity index (χ4v) is 9.06. The molecule has 7 aromatic carbocycles. The van der Waals surface area contributed by atoms with Gasteiger partial charge in [-0.2, -0.15) is 0 Å². The van der Waals surface area contributed by atoms with Gasteiger partial charge in [-0.05, 0) is 135 Å². The molecule has 4 heterocycles. The minimum absolute atomic E-state index is 0.922. The molecule has 0 saturated carbocycles. The first kappa shape index (κ1) is 35.1. The average molecular weight is 865 g/mol. The van der Waals surface area contributed by atoms with E-state index >= 15 is 0 Å². The van der Waals surface area contributed by atoms with E-state index in [2.05, 4.69) is 191 Å². The van der Waals surface area contributed by atoms with Crippen LogP contribution < -0.4 is 0 Å². The van der Waals surface area contributed by atoms with Gasteiger partial charge in [0.05, 0.1) is 33.6 Å². The van der Waals surface area contributed by atoms with Gasteiger partial charge in [0.15, 0.2) is 0 Å². The van der Waals surface area contributed by atoms with Crippen LogP contribution in [0.4, 0.5) is 0 Å². The summed E-state index contributed by atoms with van der Waals surface area (Å²) in [5.41, 5.74) is 15.7. The third-order valence-corrected chi connectivity index (χ3v) is 12.1. The van der Waals surface area contributed by atoms with Crippen molar-refractivity contribution in [2.24, 2.45) is 0 Å². The Hall–Kier alpha value is -7.09. The van der Waals surface area contributed by atoms with Gasteiger partial charge in [-0.1, -0.05) is 109 Å². The van der Waals surface area contributed by atoms with Crippen molar-refractivity contribution in [1.82, 2.24) is 19.9 Å². The van der Waals surface area contributed by atoms with Crippen molar-refractivity contribution in [3.8, 4) is 67.2 Å². The molecule has 0 bridgehead atoms. The summed E-state index contributed by atoms with van der Waals surface area (Å²) in [6.07, 6.45) is 3.70. The second-order valence-electron chi connectivity index (χ2n) is 14.8. The molecule has 0 aliphatic heterocycles. The van der Waals surface area contributed by atoms with E-state index in [1.54, 1.807) is 0 Å². The lowest BCUT2D eigenvalue weighted by Gasteiger charge is -2.15. The lowest BCUT2D eigenvalue weighted by Crippen LogP contribution is -1.92. The quantitative estimate of drug-likeness (QED) is 0.156. The highest BCUT2D eigenvalue weighted by molar-refractivity contribution is 14.1. The van der Waals surface area contributed by atoms with Crippen molar-refractivity contribution in [2.45, 2.75) is 0 Å². The van der Waals surface area contributed by atoms with Crippen LogP contribution in [0.2, 0.25) is 0 Å². The highest BCUT2D eigenvalue weighted by Gasteiger charge is 2.15. The van der Waals surface area contributed by atoms with Crippen molar-refractivity contribution in [3.05, 3.63) is 204 Å². The lowest BCUT2D eigenvalue weighted by molar-refractivity contribution is 1.32. The van der Waals surface area contributed by atoms with E-state index in [9.17, 15) is 0 Å². The number of benzene rings is 7. The summed E-state index contributed by atoms with van der Waals surface area (Å²) >= 11 is 2.46. The second kappa shape index (κ2) is 14.7. The number of rotatable bonds is 6. The minimum Gasteiger partial charge on any atom is -0.256 e. The van der Waals surface area contributed by atoms with Gasteiger partial charge in [0.2, 0.25) is 0 Å². The fourth-order valence-electron chi connectivity index (χ4n) is 8.25. The van der Waals surface area contributed by atoms with E-state index in [0.717, 1.165) is 94.3 Å². The Morgan fingerprint density at radius 1 is 0.322 bits per heavy atom. The van der Waals surface area contributed by atoms with E-state index in [-0.39, 0.29) is 0 Å². The van der Waals surface area contributed by atoms with Crippen LogP contribution >= 0.6 is 22.6 Å². The molecular weight excluding hydrogens is 832 g/mol. The number of nitrogens with zero attached hydrogens (tertiary/aromatic N) is 4. The molecule has 276 valence electrons. The monoisotopic (exact) mass is 864 g/mol. The van der Waals surface area contributed by atoms with Crippen LogP contribution in [0.1, 0.15) is 0 Å². The van der Waals surface area contributed by atoms with Crippen LogP contribution in [0, 0.1) is 3.57 Å². The Morgan fingerprint density at radius 2 is 0.949 bits per heavy atom. The van der Waals surface area contributed by atoms with E-state index in [4.69, 9.17) is 15.0 Å². The summed E-state index contributed by atoms with van der Waals surface area (Å²) in [4.78, 5) is 19.8. The molecule has 4 nitrogen and oxygen atoms in total. The number of hydrogen-bond donors (Lipinski definition) is 0. The minimum atomic E-state index is 0.922. The first-order valence-electron chi connectivity index (χ1n) is 19.6. The molecule has 0 atom stereocenters. The molecule has 0 amide bonds. The first-order chi connectivity index (χ1) is 29.1. The first-order valence-corrected chi connectivity index (χ1v) is 20.7. The van der Waals surface area contributed by atoms with Crippen molar-refractivity contribution in [1.29, 1.82) is 0 Å². The summed E-state index contributed by atoms with van der Waals surface area (Å²) in [5, 5.41) is 5.78. The summed E-state index contributed by atoms with van der Waals surface area (Å²) < 4.78 is 1.23. The van der Waals surface area contributed by atoms with Crippen LogP contribution in [0.15, 0.2) is 200 Å². The SMILES string of the molecule is Ic1cccc2cccc(-c3cc(-c4ccc5cc(-c6ccc7ccc(-c8cccc(-c9ccccn9)c8)nc7c6)ccc5n4)cc(-c4cccc5cccnc45)c3)c12. The van der Waals surface area contributed by atoms with Gasteiger partial charge >= 0.3 is 0 Å². The predicted molar refractivity (Wildman–Crippen MR) is 253 cm³/mol. The zero-order chi connectivity index (χ0) is 39.3. The van der Waals surface area contributed by atoms with Gasteiger partial charge in [0.1, 0.15) is 0 Å². The Balaban J connectivity index is 0.980. The number of hydrogen-bond acceptors (Lipinski definition) is 4. The van der Waals surface area contributed by atoms with Crippen molar-refractivity contribution in [3.63, 3.8) is 0 Å². The van der Waals surface area contributed by atoms with Crippen LogP contribution in [0.25, 0.3) is 111 Å². The number of halogens is 1. The average Bonchev–Trinajstić information content (AvgIpc) is 3.30. The fraction of sp³-hybridized carbons (Fsp3) is 0. The molecule has 0 N–H and O–H groups in total. The van der Waals surface area contributed by atoms with Gasteiger partial charge in [-0.15, -0.1) is 0 Å². The standard InChI is InChI=1S/C54H33IN4/c55-47-16-6-9-35-8-4-14-45(53(35)47)42-30-43(46-15-5-10-36-13-7-27-57-54(36)46)32-44(31-42)51-25-22-41-28-37(21-24-50(41)58-51)38-19-18-34-20-23-49(59-52(34)33-38)40-12-3-11-39(29-40)48-17-1-2-26-56-48/h1-33H. The summed E-state index contributed by atoms with van der Waals surface area (Å²) in [6, 6.07) is 66.5. The molecule has 0 saturated heterocycles. The number of aromatic nitrogens is 4. The number of fused-ring (bicyclic) bond motifs is 4. The number of pyridine rings is 4. The molecule has 5 heteroatoms. The third kappa shape index (κ3) is 6.59. The molecule has 0 radical (unpaired) electrons. The maximum Gasteiger partial charge on any atom is 0.0780 e. The smallest absolute Gasteiger partial charge is 0.0780 e. The van der Waals surface area contributed by atoms with E-state index in [1.165, 1.54) is 19.9 Å². The van der Waals surface area contributed by atoms with Gasteiger partial charge in [-0.25, -0.2) is 9.97 Å². The van der Waals surface area contributed by atoms with Gasteiger partial charge in [-0.3, -0.25) is 9.97 Å². The molecule has 11 aromatic rings. The molecule has 4 aromatic heterocycles. The predicted octanol–water partition coefficient (Wildman–Crippen LogP) is 14.5. The Kier molecular flexibility index (Phi) is 8.74. The van der Waals surface area contributed by atoms with Crippen molar-refractivity contribution < 1.29 is 0 Å². The topological polar surface area (TPSA) is 51.6 Å². The normalized spacial score (nSPS) is 11.5.